The molecule has 0 aliphatic heterocycles. The number of hydrogen-bond donors (Lipinski definition) is 1. The maximum Gasteiger partial charge on any atom is 0.279 e. The molecule has 2 nitrogen and oxygen atoms in total. The smallest absolute Gasteiger partial charge is 0.279 e. The Morgan fingerprint density at radius 1 is 1.36 bits per heavy atom. The van der Waals surface area contributed by atoms with Crippen LogP contribution in [0.2, 0.25) is 0 Å². The van der Waals surface area contributed by atoms with Crippen molar-refractivity contribution in [2.45, 2.75) is 19.9 Å². The second-order valence-corrected chi connectivity index (χ2v) is 4.04. The average molecular weight is 209 g/mol. The third-order valence-electron chi connectivity index (χ3n) is 1.72. The molecule has 1 aromatic carbocycles. The van der Waals surface area contributed by atoms with Crippen LogP contribution in [-0.4, -0.2) is 11.0 Å². The van der Waals surface area contributed by atoms with E-state index in [4.69, 9.17) is 0 Å². The number of rotatable bonds is 4. The van der Waals surface area contributed by atoms with Crippen molar-refractivity contribution in [3.8, 4) is 0 Å². The van der Waals surface area contributed by atoms with Gasteiger partial charge in [-0.1, -0.05) is 49.0 Å². The second kappa shape index (κ2) is 6.49. The van der Waals surface area contributed by atoms with Crippen LogP contribution in [0.25, 0.3) is 0 Å². The fourth-order valence-electron chi connectivity index (χ4n) is 1.02. The van der Waals surface area contributed by atoms with Crippen molar-refractivity contribution in [1.29, 1.82) is 0 Å². The summed E-state index contributed by atoms with van der Waals surface area (Å²) in [5.41, 5.74) is 1.14. The fraction of sp³-hybridized carbons (Fsp3) is 0.364. The van der Waals surface area contributed by atoms with E-state index >= 15 is 0 Å². The summed E-state index contributed by atoms with van der Waals surface area (Å²) in [6.45, 7) is 2.69. The third-order valence-corrected chi connectivity index (χ3v) is 2.74. The molecule has 0 aromatic heterocycles. The minimum absolute atomic E-state index is 0.0655. The molecule has 1 amide bonds. The summed E-state index contributed by atoms with van der Waals surface area (Å²) in [7, 11) is 0. The van der Waals surface area contributed by atoms with Gasteiger partial charge in [-0.05, 0) is 12.0 Å². The quantitative estimate of drug-likeness (QED) is 0.825. The summed E-state index contributed by atoms with van der Waals surface area (Å²) in [6, 6.07) is 9.92. The normalized spacial score (nSPS) is 9.79. The summed E-state index contributed by atoms with van der Waals surface area (Å²) in [5.74, 6) is 0.890. The number of nitrogens with one attached hydrogen (secondary N) is 1. The lowest BCUT2D eigenvalue weighted by molar-refractivity contribution is 0.260. The van der Waals surface area contributed by atoms with Crippen LogP contribution in [0.15, 0.2) is 30.3 Å². The van der Waals surface area contributed by atoms with Crippen molar-refractivity contribution in [1.82, 2.24) is 5.32 Å². The molecular weight excluding hydrogens is 194 g/mol. The lowest BCUT2D eigenvalue weighted by Gasteiger charge is -2.03. The summed E-state index contributed by atoms with van der Waals surface area (Å²) in [6.07, 6.45) is 1.03. The van der Waals surface area contributed by atoms with Gasteiger partial charge in [0.25, 0.3) is 5.24 Å². The molecule has 0 bridgehead atoms. The van der Waals surface area contributed by atoms with Crippen LogP contribution in [0.3, 0.4) is 0 Å². The van der Waals surface area contributed by atoms with Crippen molar-refractivity contribution < 1.29 is 4.79 Å². The monoisotopic (exact) mass is 209 g/mol. The van der Waals surface area contributed by atoms with Crippen LogP contribution in [0, 0.1) is 0 Å². The van der Waals surface area contributed by atoms with E-state index in [1.807, 2.05) is 30.3 Å². The molecule has 0 atom stereocenters. The molecule has 1 N–H and O–H groups in total. The van der Waals surface area contributed by atoms with Crippen LogP contribution in [0.5, 0.6) is 0 Å². The average Bonchev–Trinajstić information content (AvgIpc) is 2.25. The van der Waals surface area contributed by atoms with Gasteiger partial charge in [-0.15, -0.1) is 0 Å². The Kier molecular flexibility index (Phi) is 5.15. The molecule has 0 heterocycles. The van der Waals surface area contributed by atoms with Crippen LogP contribution in [0.4, 0.5) is 4.79 Å². The highest BCUT2D eigenvalue weighted by molar-refractivity contribution is 8.13. The summed E-state index contributed by atoms with van der Waals surface area (Å²) < 4.78 is 0. The number of amides is 1. The van der Waals surface area contributed by atoms with Crippen LogP contribution < -0.4 is 5.32 Å². The van der Waals surface area contributed by atoms with E-state index in [1.165, 1.54) is 11.8 Å². The molecule has 1 rings (SSSR count). The van der Waals surface area contributed by atoms with Gasteiger partial charge in [0.1, 0.15) is 0 Å². The zero-order valence-electron chi connectivity index (χ0n) is 8.32. The van der Waals surface area contributed by atoms with Crippen LogP contribution in [-0.2, 0) is 6.54 Å². The van der Waals surface area contributed by atoms with E-state index in [0.29, 0.717) is 6.54 Å². The largest absolute Gasteiger partial charge is 0.343 e. The minimum atomic E-state index is 0.0655. The van der Waals surface area contributed by atoms with Gasteiger partial charge in [0, 0.05) is 12.3 Å². The van der Waals surface area contributed by atoms with Gasteiger partial charge in [0.05, 0.1) is 0 Å². The predicted octanol–water partition coefficient (Wildman–Crippen LogP) is 3.04. The van der Waals surface area contributed by atoms with Crippen molar-refractivity contribution in [3.63, 3.8) is 0 Å². The van der Waals surface area contributed by atoms with Crippen LogP contribution in [0.1, 0.15) is 18.9 Å². The van der Waals surface area contributed by atoms with Gasteiger partial charge in [-0.3, -0.25) is 4.79 Å². The maximum atomic E-state index is 11.2. The van der Waals surface area contributed by atoms with Gasteiger partial charge in [0.15, 0.2) is 0 Å². The van der Waals surface area contributed by atoms with Gasteiger partial charge >= 0.3 is 0 Å². The molecule has 0 saturated carbocycles. The number of carbonyl (C=O) groups is 1. The second-order valence-electron chi connectivity index (χ2n) is 2.98. The number of hydrogen-bond acceptors (Lipinski definition) is 2. The first-order valence-corrected chi connectivity index (χ1v) is 5.76. The molecule has 14 heavy (non-hydrogen) atoms. The van der Waals surface area contributed by atoms with E-state index in [0.717, 1.165) is 17.7 Å². The first-order chi connectivity index (χ1) is 6.83. The molecule has 0 aliphatic rings. The Morgan fingerprint density at radius 3 is 2.71 bits per heavy atom. The zero-order chi connectivity index (χ0) is 10.2. The summed E-state index contributed by atoms with van der Waals surface area (Å²) >= 11 is 1.35. The Bertz CT molecular complexity index is 274. The molecule has 0 saturated heterocycles. The molecule has 3 heteroatoms. The number of carbonyl (C=O) groups excluding carboxylic acids is 1. The van der Waals surface area contributed by atoms with Gasteiger partial charge in [-0.25, -0.2) is 0 Å². The van der Waals surface area contributed by atoms with Gasteiger partial charge in [-0.2, -0.15) is 0 Å². The SMILES string of the molecule is CCCSC(=O)NCc1ccccc1. The number of benzene rings is 1. The Labute approximate surface area is 89.1 Å². The molecule has 0 radical (unpaired) electrons. The molecule has 0 aliphatic carbocycles. The summed E-state index contributed by atoms with van der Waals surface area (Å²) in [4.78, 5) is 11.2. The standard InChI is InChI=1S/C11H15NOS/c1-2-8-14-11(13)12-9-10-6-4-3-5-7-10/h3-7H,2,8-9H2,1H3,(H,12,13). The molecule has 0 unspecified atom stereocenters. The first kappa shape index (κ1) is 11.1. The highest BCUT2D eigenvalue weighted by Gasteiger charge is 1.99. The predicted molar refractivity (Wildman–Crippen MR) is 61.4 cm³/mol. The molecule has 0 spiro atoms. The van der Waals surface area contributed by atoms with Gasteiger partial charge < -0.3 is 5.32 Å². The third kappa shape index (κ3) is 4.33. The van der Waals surface area contributed by atoms with E-state index in [-0.39, 0.29) is 5.24 Å². The molecule has 0 fully saturated rings. The first-order valence-electron chi connectivity index (χ1n) is 4.77. The minimum Gasteiger partial charge on any atom is -0.343 e. The van der Waals surface area contributed by atoms with E-state index in [1.54, 1.807) is 0 Å². The van der Waals surface area contributed by atoms with Crippen LogP contribution >= 0.6 is 11.8 Å². The Balaban J connectivity index is 2.24. The van der Waals surface area contributed by atoms with Crippen molar-refractivity contribution in [3.05, 3.63) is 35.9 Å². The van der Waals surface area contributed by atoms with Crippen molar-refractivity contribution in [2.75, 3.05) is 5.75 Å². The zero-order valence-corrected chi connectivity index (χ0v) is 9.14. The van der Waals surface area contributed by atoms with Crippen molar-refractivity contribution in [2.24, 2.45) is 0 Å². The summed E-state index contributed by atoms with van der Waals surface area (Å²) in [5, 5.41) is 2.92. The highest BCUT2D eigenvalue weighted by atomic mass is 32.2. The number of thioether (sulfide) groups is 1. The van der Waals surface area contributed by atoms with Crippen molar-refractivity contribution >= 4 is 17.0 Å². The fourth-order valence-corrected chi connectivity index (χ4v) is 1.58. The van der Waals surface area contributed by atoms with E-state index in [2.05, 4.69) is 12.2 Å². The topological polar surface area (TPSA) is 29.1 Å². The lowest BCUT2D eigenvalue weighted by atomic mass is 10.2. The maximum absolute atomic E-state index is 11.2. The lowest BCUT2D eigenvalue weighted by Crippen LogP contribution is -2.18. The Morgan fingerprint density at radius 2 is 2.07 bits per heavy atom. The van der Waals surface area contributed by atoms with E-state index in [9.17, 15) is 4.79 Å². The molecule has 1 aromatic rings. The molecule has 76 valence electrons. The van der Waals surface area contributed by atoms with E-state index < -0.39 is 0 Å². The molecular formula is C11H15NOS. The highest BCUT2D eigenvalue weighted by Crippen LogP contribution is 2.04. The van der Waals surface area contributed by atoms with Gasteiger partial charge in [0.2, 0.25) is 0 Å². The Hall–Kier alpha value is -0.960.